The second kappa shape index (κ2) is 19.4. The van der Waals surface area contributed by atoms with E-state index in [9.17, 15) is 22.8 Å². The monoisotopic (exact) mass is 884 g/mol. The van der Waals surface area contributed by atoms with Crippen LogP contribution < -0.4 is 30.1 Å². The average molecular weight is 885 g/mol. The minimum atomic E-state index is -4.30. The highest BCUT2D eigenvalue weighted by molar-refractivity contribution is 7.89. The van der Waals surface area contributed by atoms with Crippen molar-refractivity contribution in [1.29, 1.82) is 0 Å². The average Bonchev–Trinajstić information content (AvgIpc) is 3.28. The van der Waals surface area contributed by atoms with Crippen LogP contribution in [0.5, 0.6) is 11.5 Å². The molecule has 0 aromatic heterocycles. The highest BCUT2D eigenvalue weighted by atomic mass is 32.2. The van der Waals surface area contributed by atoms with Gasteiger partial charge < -0.3 is 25.4 Å². The summed E-state index contributed by atoms with van der Waals surface area (Å²) in [6, 6.07) is 34.8. The maximum atomic E-state index is 14.9. The molecule has 7 rings (SSSR count). The molecule has 64 heavy (non-hydrogen) atoms. The zero-order chi connectivity index (χ0) is 45.6. The first kappa shape index (κ1) is 46.0. The van der Waals surface area contributed by atoms with Gasteiger partial charge in [0.15, 0.2) is 0 Å². The van der Waals surface area contributed by atoms with E-state index in [-0.39, 0.29) is 41.4 Å². The van der Waals surface area contributed by atoms with Crippen molar-refractivity contribution in [2.45, 2.75) is 101 Å². The molecule has 5 atom stereocenters. The van der Waals surface area contributed by atoms with Crippen molar-refractivity contribution in [2.75, 3.05) is 24.9 Å². The molecule has 0 aliphatic heterocycles. The third kappa shape index (κ3) is 10.0. The lowest BCUT2D eigenvalue weighted by Gasteiger charge is -2.55. The topological polar surface area (TPSA) is 152 Å². The number of methoxy groups -OCH3 is 2. The number of benzene rings is 5. The van der Waals surface area contributed by atoms with Crippen LogP contribution in [0.25, 0.3) is 0 Å². The van der Waals surface area contributed by atoms with E-state index in [1.807, 2.05) is 93.6 Å². The number of carbonyl (C=O) groups excluding carboxylic acids is 3. The molecule has 11 nitrogen and oxygen atoms in total. The zero-order valence-corrected chi connectivity index (χ0v) is 38.4. The minimum absolute atomic E-state index is 0.119. The van der Waals surface area contributed by atoms with Crippen LogP contribution in [0, 0.1) is 11.3 Å². The number of sulfonamides is 1. The molecule has 1 saturated carbocycles. The fraction of sp³-hybridized carbons (Fsp3) is 0.365. The number of rotatable bonds is 16. The summed E-state index contributed by atoms with van der Waals surface area (Å²) in [7, 11) is -1.20. The van der Waals surface area contributed by atoms with E-state index in [0.717, 1.165) is 41.5 Å². The van der Waals surface area contributed by atoms with Gasteiger partial charge in [-0.1, -0.05) is 113 Å². The normalized spacial score (nSPS) is 20.2. The number of aryl methyl sites for hydroxylation is 1. The third-order valence-electron chi connectivity index (χ3n) is 13.4. The summed E-state index contributed by atoms with van der Waals surface area (Å²) in [5.41, 5.74) is 3.95. The van der Waals surface area contributed by atoms with Gasteiger partial charge in [0.05, 0.1) is 24.5 Å². The molecule has 0 radical (unpaired) electrons. The molecule has 2 aliphatic carbocycles. The lowest BCUT2D eigenvalue weighted by Crippen LogP contribution is -2.58. The standard InChI is InChI=1S/C52H60N4O7S/c1-34(2)42-30-37-24-25-47-51(3,26-15-27-52(47,4)50(59)55-44(28-35-16-9-7-10-17-35)48(57)53-38-20-13-22-40(31-38)62-5)43(37)33-46(42)64(60,61)56-45(29-36-18-11-8-12-19-36)49(58)54-39-21-14-23-41(32-39)63-6/h7-14,16-23,30-34,44-45,47,56H,15,24-29H2,1-6H3,(H,53,57)(H,54,58)(H,55,59)/t44-,45-,47-,51-,52-/m1/s1. The number of carbonyl (C=O) groups is 3. The summed E-state index contributed by atoms with van der Waals surface area (Å²) < 4.78 is 43.3. The number of nitrogens with one attached hydrogen (secondary N) is 4. The van der Waals surface area contributed by atoms with Crippen LogP contribution in [0.3, 0.4) is 0 Å². The first-order chi connectivity index (χ1) is 30.6. The smallest absolute Gasteiger partial charge is 0.247 e. The lowest BCUT2D eigenvalue weighted by atomic mass is 9.49. The molecule has 336 valence electrons. The van der Waals surface area contributed by atoms with E-state index in [2.05, 4.69) is 27.6 Å². The molecule has 0 bridgehead atoms. The quantitative estimate of drug-likeness (QED) is 0.0774. The summed E-state index contributed by atoms with van der Waals surface area (Å²) in [6.45, 7) is 8.12. The number of ether oxygens (including phenoxy) is 2. The van der Waals surface area contributed by atoms with Gasteiger partial charge in [-0.05, 0) is 108 Å². The third-order valence-corrected chi connectivity index (χ3v) is 14.9. The van der Waals surface area contributed by atoms with Crippen molar-refractivity contribution in [3.63, 3.8) is 0 Å². The van der Waals surface area contributed by atoms with Crippen LogP contribution in [0.4, 0.5) is 11.4 Å². The highest BCUT2D eigenvalue weighted by Crippen LogP contribution is 2.58. The van der Waals surface area contributed by atoms with E-state index < -0.39 is 38.8 Å². The van der Waals surface area contributed by atoms with Gasteiger partial charge in [0.25, 0.3) is 0 Å². The molecule has 5 aromatic carbocycles. The van der Waals surface area contributed by atoms with Gasteiger partial charge in [-0.15, -0.1) is 0 Å². The van der Waals surface area contributed by atoms with E-state index in [1.54, 1.807) is 55.6 Å². The SMILES string of the molecule is COc1cccc(NC(=O)[C@@H](Cc2ccccc2)NC(=O)[C@]2(C)CCC[C@]3(C)c4cc(S(=O)(=O)N[C@H](Cc5ccccc5)C(=O)Nc5cccc(OC)c5)c(C(C)C)cc4CC[C@@H]23)c1. The molecule has 0 unspecified atom stereocenters. The summed E-state index contributed by atoms with van der Waals surface area (Å²) in [5.74, 6) is -0.198. The van der Waals surface area contributed by atoms with Crippen molar-refractivity contribution < 1.29 is 32.3 Å². The van der Waals surface area contributed by atoms with Crippen molar-refractivity contribution >= 4 is 39.1 Å². The Balaban J connectivity index is 1.20. The van der Waals surface area contributed by atoms with Crippen molar-refractivity contribution in [3.05, 3.63) is 149 Å². The van der Waals surface area contributed by atoms with Gasteiger partial charge in [-0.2, -0.15) is 4.72 Å². The summed E-state index contributed by atoms with van der Waals surface area (Å²) in [5, 5.41) is 9.09. The molecule has 4 N–H and O–H groups in total. The second-order valence-electron chi connectivity index (χ2n) is 18.0. The van der Waals surface area contributed by atoms with Gasteiger partial charge in [-0.3, -0.25) is 14.4 Å². The first-order valence-electron chi connectivity index (χ1n) is 22.1. The molecule has 0 saturated heterocycles. The van der Waals surface area contributed by atoms with Crippen molar-refractivity contribution in [1.82, 2.24) is 10.0 Å². The van der Waals surface area contributed by atoms with Crippen molar-refractivity contribution in [3.8, 4) is 11.5 Å². The number of hydrogen-bond acceptors (Lipinski definition) is 7. The molecule has 3 amide bonds. The molecule has 1 fully saturated rings. The van der Waals surface area contributed by atoms with Gasteiger partial charge in [-0.25, -0.2) is 8.42 Å². The Morgan fingerprint density at radius 2 is 1.25 bits per heavy atom. The van der Waals surface area contributed by atoms with Crippen LogP contribution in [0.15, 0.2) is 126 Å². The Bertz CT molecular complexity index is 2590. The molecular weight excluding hydrogens is 825 g/mol. The molecule has 0 heterocycles. The van der Waals surface area contributed by atoms with E-state index in [4.69, 9.17) is 9.47 Å². The van der Waals surface area contributed by atoms with E-state index >= 15 is 0 Å². The molecule has 2 aliphatic rings. The minimum Gasteiger partial charge on any atom is -0.497 e. The first-order valence-corrected chi connectivity index (χ1v) is 23.6. The lowest BCUT2D eigenvalue weighted by molar-refractivity contribution is -0.141. The van der Waals surface area contributed by atoms with Gasteiger partial charge >= 0.3 is 0 Å². The zero-order valence-electron chi connectivity index (χ0n) is 37.6. The summed E-state index contributed by atoms with van der Waals surface area (Å²) in [4.78, 5) is 43.1. The van der Waals surface area contributed by atoms with Crippen LogP contribution in [0.1, 0.15) is 87.1 Å². The van der Waals surface area contributed by atoms with Gasteiger partial charge in [0.2, 0.25) is 27.7 Å². The number of hydrogen-bond donors (Lipinski definition) is 4. The molecule has 0 spiro atoms. The fourth-order valence-electron chi connectivity index (χ4n) is 10.0. The Hall–Kier alpha value is -5.98. The number of fused-ring (bicyclic) bond motifs is 3. The highest BCUT2D eigenvalue weighted by Gasteiger charge is 2.55. The Labute approximate surface area is 377 Å². The predicted octanol–water partition coefficient (Wildman–Crippen LogP) is 8.73. The maximum Gasteiger partial charge on any atom is 0.247 e. The van der Waals surface area contributed by atoms with E-state index in [1.165, 1.54) is 7.11 Å². The van der Waals surface area contributed by atoms with Crippen LogP contribution in [-0.2, 0) is 49.1 Å². The maximum absolute atomic E-state index is 14.9. The van der Waals surface area contributed by atoms with Crippen molar-refractivity contribution in [2.24, 2.45) is 11.3 Å². The fourth-order valence-corrected chi connectivity index (χ4v) is 11.6. The summed E-state index contributed by atoms with van der Waals surface area (Å²) >= 11 is 0. The Kier molecular flexibility index (Phi) is 14.0. The van der Waals surface area contributed by atoms with Gasteiger partial charge in [0, 0.05) is 29.9 Å². The van der Waals surface area contributed by atoms with Crippen LogP contribution >= 0.6 is 0 Å². The van der Waals surface area contributed by atoms with Crippen LogP contribution in [0.2, 0.25) is 0 Å². The molecule has 5 aromatic rings. The molecule has 12 heteroatoms. The summed E-state index contributed by atoms with van der Waals surface area (Å²) in [6.07, 6.45) is 3.89. The number of amides is 3. The Morgan fingerprint density at radius 3 is 1.80 bits per heavy atom. The van der Waals surface area contributed by atoms with E-state index in [0.29, 0.717) is 41.3 Å². The Morgan fingerprint density at radius 1 is 0.703 bits per heavy atom. The van der Waals surface area contributed by atoms with Crippen LogP contribution in [-0.4, -0.2) is 52.4 Å². The second-order valence-corrected chi connectivity index (χ2v) is 19.7. The largest absolute Gasteiger partial charge is 0.497 e. The predicted molar refractivity (Wildman–Crippen MR) is 251 cm³/mol. The molecular formula is C52H60N4O7S. The number of anilines is 2. The van der Waals surface area contributed by atoms with Gasteiger partial charge in [0.1, 0.15) is 23.6 Å².